The first-order valence-electron chi connectivity index (χ1n) is 7.87. The van der Waals surface area contributed by atoms with E-state index in [0.29, 0.717) is 38.5 Å². The van der Waals surface area contributed by atoms with Gasteiger partial charge in [-0.2, -0.15) is 0 Å². The van der Waals surface area contributed by atoms with Crippen molar-refractivity contribution < 1.29 is 19.1 Å². The van der Waals surface area contributed by atoms with Gasteiger partial charge in [-0.15, -0.1) is 0 Å². The molecular formula is C16H22N2O4. The number of nitrogens with zero attached hydrogens (tertiary/aromatic N) is 2. The predicted molar refractivity (Wildman–Crippen MR) is 78.6 cm³/mol. The second-order valence-electron chi connectivity index (χ2n) is 6.21. The molecule has 0 bridgehead atoms. The number of rotatable bonds is 4. The molecule has 22 heavy (non-hydrogen) atoms. The monoisotopic (exact) mass is 306 g/mol. The Morgan fingerprint density at radius 3 is 2.77 bits per heavy atom. The van der Waals surface area contributed by atoms with Crippen molar-refractivity contribution in [2.75, 3.05) is 26.2 Å². The Hall–Kier alpha value is -1.82. The van der Waals surface area contributed by atoms with Gasteiger partial charge in [-0.05, 0) is 30.9 Å². The molecule has 0 spiro atoms. The summed E-state index contributed by atoms with van der Waals surface area (Å²) in [6, 6.07) is 3.63. The lowest BCUT2D eigenvalue weighted by Crippen LogP contribution is -2.43. The van der Waals surface area contributed by atoms with E-state index in [2.05, 4.69) is 0 Å². The average molecular weight is 306 g/mol. The standard InChI is InChI=1S/C16H22N2O4/c19-11-12-3-5-17(6-4-12)16(21)13-8-15(20)18(9-13)10-14-2-1-7-22-14/h1-2,7,12-13,19H,3-6,8-11H2. The maximum absolute atomic E-state index is 12.6. The molecular weight excluding hydrogens is 284 g/mol. The van der Waals surface area contributed by atoms with E-state index in [4.69, 9.17) is 9.52 Å². The summed E-state index contributed by atoms with van der Waals surface area (Å²) in [4.78, 5) is 28.2. The van der Waals surface area contributed by atoms with Gasteiger partial charge in [0.1, 0.15) is 5.76 Å². The number of aliphatic hydroxyl groups excluding tert-OH is 1. The van der Waals surface area contributed by atoms with Gasteiger partial charge in [-0.3, -0.25) is 9.59 Å². The van der Waals surface area contributed by atoms with Crippen LogP contribution in [0.15, 0.2) is 22.8 Å². The first-order chi connectivity index (χ1) is 10.7. The third kappa shape index (κ3) is 3.16. The molecule has 2 saturated heterocycles. The fraction of sp³-hybridized carbons (Fsp3) is 0.625. The number of likely N-dealkylation sites (tertiary alicyclic amines) is 2. The molecule has 6 heteroatoms. The Morgan fingerprint density at radius 2 is 2.14 bits per heavy atom. The Bertz CT molecular complexity index is 520. The average Bonchev–Trinajstić information content (AvgIpc) is 3.18. The van der Waals surface area contributed by atoms with Crippen molar-refractivity contribution >= 4 is 11.8 Å². The van der Waals surface area contributed by atoms with Crippen molar-refractivity contribution in [1.29, 1.82) is 0 Å². The Kier molecular flexibility index (Phi) is 4.47. The number of piperidine rings is 1. The van der Waals surface area contributed by atoms with E-state index < -0.39 is 0 Å². The van der Waals surface area contributed by atoms with E-state index >= 15 is 0 Å². The van der Waals surface area contributed by atoms with E-state index in [0.717, 1.165) is 18.6 Å². The van der Waals surface area contributed by atoms with E-state index in [1.807, 2.05) is 11.0 Å². The minimum atomic E-state index is -0.242. The third-order valence-corrected chi connectivity index (χ3v) is 4.67. The highest BCUT2D eigenvalue weighted by Gasteiger charge is 2.37. The van der Waals surface area contributed by atoms with Gasteiger partial charge in [0.25, 0.3) is 0 Å². The highest BCUT2D eigenvalue weighted by molar-refractivity contribution is 5.89. The molecule has 0 radical (unpaired) electrons. The Morgan fingerprint density at radius 1 is 1.36 bits per heavy atom. The van der Waals surface area contributed by atoms with E-state index in [-0.39, 0.29) is 24.3 Å². The normalized spacial score (nSPS) is 23.3. The summed E-state index contributed by atoms with van der Waals surface area (Å²) in [7, 11) is 0. The molecule has 2 aliphatic heterocycles. The number of carbonyl (C=O) groups excluding carboxylic acids is 2. The molecule has 2 fully saturated rings. The van der Waals surface area contributed by atoms with Crippen LogP contribution in [0.2, 0.25) is 0 Å². The molecule has 1 aromatic rings. The van der Waals surface area contributed by atoms with Crippen LogP contribution in [0.3, 0.4) is 0 Å². The van der Waals surface area contributed by atoms with Crippen molar-refractivity contribution in [1.82, 2.24) is 9.80 Å². The fourth-order valence-electron chi connectivity index (χ4n) is 3.28. The molecule has 3 rings (SSSR count). The van der Waals surface area contributed by atoms with Gasteiger partial charge >= 0.3 is 0 Å². The first-order valence-corrected chi connectivity index (χ1v) is 7.87. The molecule has 0 saturated carbocycles. The quantitative estimate of drug-likeness (QED) is 0.895. The van der Waals surface area contributed by atoms with Gasteiger partial charge < -0.3 is 19.3 Å². The highest BCUT2D eigenvalue weighted by atomic mass is 16.3. The lowest BCUT2D eigenvalue weighted by atomic mass is 9.96. The second kappa shape index (κ2) is 6.52. The van der Waals surface area contributed by atoms with Crippen LogP contribution >= 0.6 is 0 Å². The van der Waals surface area contributed by atoms with Crippen LogP contribution in [0.25, 0.3) is 0 Å². The topological polar surface area (TPSA) is 74.0 Å². The van der Waals surface area contributed by atoms with Crippen LogP contribution in [-0.4, -0.2) is 53.0 Å². The summed E-state index contributed by atoms with van der Waals surface area (Å²) >= 11 is 0. The zero-order valence-corrected chi connectivity index (χ0v) is 12.6. The number of hydrogen-bond donors (Lipinski definition) is 1. The molecule has 1 unspecified atom stereocenters. The summed E-state index contributed by atoms with van der Waals surface area (Å²) in [6.45, 7) is 2.47. The first kappa shape index (κ1) is 15.1. The minimum absolute atomic E-state index is 0.0139. The van der Waals surface area contributed by atoms with Gasteiger partial charge in [-0.25, -0.2) is 0 Å². The van der Waals surface area contributed by atoms with E-state index in [1.165, 1.54) is 0 Å². The molecule has 2 amide bonds. The van der Waals surface area contributed by atoms with Crippen LogP contribution in [0.5, 0.6) is 0 Å². The van der Waals surface area contributed by atoms with Crippen LogP contribution in [0.1, 0.15) is 25.0 Å². The largest absolute Gasteiger partial charge is 0.467 e. The summed E-state index contributed by atoms with van der Waals surface area (Å²) in [5.74, 6) is 0.898. The Balaban J connectivity index is 1.55. The van der Waals surface area contributed by atoms with Crippen LogP contribution in [-0.2, 0) is 16.1 Å². The number of aliphatic hydroxyl groups is 1. The highest BCUT2D eigenvalue weighted by Crippen LogP contribution is 2.25. The summed E-state index contributed by atoms with van der Waals surface area (Å²) < 4.78 is 5.27. The fourth-order valence-corrected chi connectivity index (χ4v) is 3.28. The van der Waals surface area contributed by atoms with E-state index in [9.17, 15) is 9.59 Å². The molecule has 120 valence electrons. The van der Waals surface area contributed by atoms with Crippen molar-refractivity contribution in [2.45, 2.75) is 25.8 Å². The van der Waals surface area contributed by atoms with Gasteiger partial charge in [0, 0.05) is 32.7 Å². The molecule has 0 aliphatic carbocycles. The van der Waals surface area contributed by atoms with Crippen molar-refractivity contribution in [3.8, 4) is 0 Å². The molecule has 3 heterocycles. The SMILES string of the molecule is O=C1CC(C(=O)N2CCC(CO)CC2)CN1Cc1ccco1. The number of hydrogen-bond acceptors (Lipinski definition) is 4. The van der Waals surface area contributed by atoms with Crippen LogP contribution in [0.4, 0.5) is 0 Å². The number of furan rings is 1. The Labute approximate surface area is 129 Å². The van der Waals surface area contributed by atoms with Crippen molar-refractivity contribution in [2.24, 2.45) is 11.8 Å². The summed E-state index contributed by atoms with van der Waals surface area (Å²) in [5, 5.41) is 9.16. The van der Waals surface area contributed by atoms with Gasteiger partial charge in [0.2, 0.25) is 11.8 Å². The third-order valence-electron chi connectivity index (χ3n) is 4.67. The lowest BCUT2D eigenvalue weighted by molar-refractivity contribution is -0.137. The summed E-state index contributed by atoms with van der Waals surface area (Å²) in [5.41, 5.74) is 0. The molecule has 1 atom stereocenters. The maximum atomic E-state index is 12.6. The maximum Gasteiger partial charge on any atom is 0.227 e. The molecule has 6 nitrogen and oxygen atoms in total. The minimum Gasteiger partial charge on any atom is -0.467 e. The van der Waals surface area contributed by atoms with Crippen molar-refractivity contribution in [3.63, 3.8) is 0 Å². The zero-order valence-electron chi connectivity index (χ0n) is 12.6. The number of amides is 2. The number of carbonyl (C=O) groups is 2. The van der Waals surface area contributed by atoms with Gasteiger partial charge in [0.05, 0.1) is 18.7 Å². The lowest BCUT2D eigenvalue weighted by Gasteiger charge is -2.32. The van der Waals surface area contributed by atoms with E-state index in [1.54, 1.807) is 17.2 Å². The molecule has 0 aromatic carbocycles. The molecule has 1 N–H and O–H groups in total. The zero-order chi connectivity index (χ0) is 15.5. The molecule has 1 aromatic heterocycles. The second-order valence-corrected chi connectivity index (χ2v) is 6.21. The van der Waals surface area contributed by atoms with Gasteiger partial charge in [-0.1, -0.05) is 0 Å². The smallest absolute Gasteiger partial charge is 0.227 e. The molecule has 2 aliphatic rings. The predicted octanol–water partition coefficient (Wildman–Crippen LogP) is 0.859. The summed E-state index contributed by atoms with van der Waals surface area (Å²) in [6.07, 6.45) is 3.57. The van der Waals surface area contributed by atoms with Crippen LogP contribution in [0, 0.1) is 11.8 Å². The van der Waals surface area contributed by atoms with Gasteiger partial charge in [0.15, 0.2) is 0 Å². The van der Waals surface area contributed by atoms with Crippen LogP contribution < -0.4 is 0 Å². The van der Waals surface area contributed by atoms with Crippen molar-refractivity contribution in [3.05, 3.63) is 24.2 Å².